The number of sulfonamides is 1. The van der Waals surface area contributed by atoms with Crippen LogP contribution < -0.4 is 4.72 Å². The standard InChI is InChI=1S/C18H21Cl2NO2S/c1-12-5-7-14(18(2,3)4)9-17(12)24(22,23)21-11-13-6-8-15(19)10-16(13)20/h5-10,21H,11H2,1-4H3. The number of rotatable bonds is 4. The van der Waals surface area contributed by atoms with Crippen LogP contribution in [0.15, 0.2) is 41.3 Å². The molecule has 0 aromatic heterocycles. The lowest BCUT2D eigenvalue weighted by Gasteiger charge is -2.21. The Bertz CT molecular complexity index is 856. The summed E-state index contributed by atoms with van der Waals surface area (Å²) in [5.74, 6) is 0. The lowest BCUT2D eigenvalue weighted by atomic mass is 9.87. The van der Waals surface area contributed by atoms with E-state index in [1.54, 1.807) is 31.2 Å². The number of halogens is 2. The first-order chi connectivity index (χ1) is 11.0. The van der Waals surface area contributed by atoms with Crippen LogP contribution in [0.3, 0.4) is 0 Å². The van der Waals surface area contributed by atoms with Crippen molar-refractivity contribution in [3.05, 3.63) is 63.1 Å². The largest absolute Gasteiger partial charge is 0.241 e. The van der Waals surface area contributed by atoms with E-state index >= 15 is 0 Å². The number of hydrogen-bond acceptors (Lipinski definition) is 2. The van der Waals surface area contributed by atoms with Crippen molar-refractivity contribution < 1.29 is 8.42 Å². The molecule has 0 saturated heterocycles. The van der Waals surface area contributed by atoms with E-state index in [0.717, 1.165) is 5.56 Å². The fourth-order valence-electron chi connectivity index (χ4n) is 2.27. The van der Waals surface area contributed by atoms with Gasteiger partial charge in [-0.1, -0.05) is 62.2 Å². The van der Waals surface area contributed by atoms with Crippen molar-refractivity contribution in [1.29, 1.82) is 0 Å². The summed E-state index contributed by atoms with van der Waals surface area (Å²) in [6.07, 6.45) is 0. The molecule has 0 unspecified atom stereocenters. The first kappa shape index (κ1) is 19.3. The Morgan fingerprint density at radius 2 is 1.71 bits per heavy atom. The second-order valence-corrected chi connectivity index (χ2v) is 9.37. The van der Waals surface area contributed by atoms with Crippen LogP contribution in [0.1, 0.15) is 37.5 Å². The van der Waals surface area contributed by atoms with Gasteiger partial charge < -0.3 is 0 Å². The number of benzene rings is 2. The third-order valence-corrected chi connectivity index (χ3v) is 5.94. The Balaban J connectivity index is 2.30. The molecule has 0 saturated carbocycles. The highest BCUT2D eigenvalue weighted by Crippen LogP contribution is 2.27. The summed E-state index contributed by atoms with van der Waals surface area (Å²) in [5, 5.41) is 0.950. The molecular weight excluding hydrogens is 365 g/mol. The smallest absolute Gasteiger partial charge is 0.207 e. The molecule has 0 aliphatic heterocycles. The van der Waals surface area contributed by atoms with E-state index in [-0.39, 0.29) is 12.0 Å². The molecule has 2 rings (SSSR count). The first-order valence-corrected chi connectivity index (χ1v) is 9.79. The number of nitrogens with one attached hydrogen (secondary N) is 1. The van der Waals surface area contributed by atoms with Crippen molar-refractivity contribution in [2.75, 3.05) is 0 Å². The van der Waals surface area contributed by atoms with Gasteiger partial charge in [0, 0.05) is 16.6 Å². The van der Waals surface area contributed by atoms with Crippen molar-refractivity contribution in [2.45, 2.75) is 44.6 Å². The molecule has 3 nitrogen and oxygen atoms in total. The Kier molecular flexibility index (Phi) is 5.65. The van der Waals surface area contributed by atoms with Gasteiger partial charge in [0.2, 0.25) is 10.0 Å². The molecule has 1 N–H and O–H groups in total. The van der Waals surface area contributed by atoms with Gasteiger partial charge in [0.1, 0.15) is 0 Å². The summed E-state index contributed by atoms with van der Waals surface area (Å²) in [4.78, 5) is 0.292. The van der Waals surface area contributed by atoms with Gasteiger partial charge in [-0.15, -0.1) is 0 Å². The Labute approximate surface area is 154 Å². The lowest BCUT2D eigenvalue weighted by Crippen LogP contribution is -2.25. The molecule has 6 heteroatoms. The highest BCUT2D eigenvalue weighted by Gasteiger charge is 2.21. The molecule has 0 heterocycles. The zero-order valence-corrected chi connectivity index (χ0v) is 16.5. The average molecular weight is 386 g/mol. The van der Waals surface area contributed by atoms with Crippen molar-refractivity contribution in [2.24, 2.45) is 0 Å². The summed E-state index contributed by atoms with van der Waals surface area (Å²) in [6.45, 7) is 8.05. The molecule has 0 spiro atoms. The average Bonchev–Trinajstić information content (AvgIpc) is 2.45. The fourth-order valence-corrected chi connectivity index (χ4v) is 4.02. The fraction of sp³-hybridized carbons (Fsp3) is 0.333. The van der Waals surface area contributed by atoms with Gasteiger partial charge in [0.15, 0.2) is 0 Å². The zero-order valence-electron chi connectivity index (χ0n) is 14.2. The van der Waals surface area contributed by atoms with Gasteiger partial charge in [-0.05, 0) is 47.2 Å². The van der Waals surface area contributed by atoms with Crippen LogP contribution in [-0.4, -0.2) is 8.42 Å². The van der Waals surface area contributed by atoms with Crippen LogP contribution in [0.5, 0.6) is 0 Å². The Morgan fingerprint density at radius 1 is 1.04 bits per heavy atom. The summed E-state index contributed by atoms with van der Waals surface area (Å²) in [7, 11) is -3.64. The molecule has 0 bridgehead atoms. The van der Waals surface area contributed by atoms with Crippen molar-refractivity contribution in [3.63, 3.8) is 0 Å². The van der Waals surface area contributed by atoms with Crippen LogP contribution in [0.2, 0.25) is 10.0 Å². The van der Waals surface area contributed by atoms with E-state index in [0.29, 0.717) is 26.1 Å². The number of aryl methyl sites for hydroxylation is 1. The van der Waals surface area contributed by atoms with Gasteiger partial charge in [-0.25, -0.2) is 13.1 Å². The van der Waals surface area contributed by atoms with Gasteiger partial charge in [0.05, 0.1) is 4.90 Å². The minimum Gasteiger partial charge on any atom is -0.207 e. The predicted octanol–water partition coefficient (Wildman–Crippen LogP) is 5.08. The second kappa shape index (κ2) is 7.04. The predicted molar refractivity (Wildman–Crippen MR) is 100 cm³/mol. The third-order valence-electron chi connectivity index (χ3n) is 3.81. The topological polar surface area (TPSA) is 46.2 Å². The van der Waals surface area contributed by atoms with Gasteiger partial charge in [-0.3, -0.25) is 0 Å². The van der Waals surface area contributed by atoms with Gasteiger partial charge in [-0.2, -0.15) is 0 Å². The molecular formula is C18H21Cl2NO2S. The summed E-state index contributed by atoms with van der Waals surface area (Å²) >= 11 is 12.0. The summed E-state index contributed by atoms with van der Waals surface area (Å²) in [6, 6.07) is 10.5. The Hall–Kier alpha value is -1.07. The molecule has 0 fully saturated rings. The highest BCUT2D eigenvalue weighted by molar-refractivity contribution is 7.89. The van der Waals surface area contributed by atoms with Gasteiger partial charge >= 0.3 is 0 Å². The van der Waals surface area contributed by atoms with Crippen LogP contribution >= 0.6 is 23.2 Å². The van der Waals surface area contributed by atoms with E-state index in [9.17, 15) is 8.42 Å². The molecule has 0 aliphatic carbocycles. The quantitative estimate of drug-likeness (QED) is 0.797. The summed E-state index contributed by atoms with van der Waals surface area (Å²) < 4.78 is 28.0. The summed E-state index contributed by atoms with van der Waals surface area (Å²) in [5.41, 5.74) is 2.22. The SMILES string of the molecule is Cc1ccc(C(C)(C)C)cc1S(=O)(=O)NCc1ccc(Cl)cc1Cl. The van der Waals surface area contributed by atoms with Crippen LogP contribution in [0.25, 0.3) is 0 Å². The maximum Gasteiger partial charge on any atom is 0.241 e. The van der Waals surface area contributed by atoms with Crippen molar-refractivity contribution in [1.82, 2.24) is 4.72 Å². The molecule has 0 aliphatic rings. The molecule has 2 aromatic rings. The van der Waals surface area contributed by atoms with E-state index in [1.165, 1.54) is 0 Å². The number of hydrogen-bond donors (Lipinski definition) is 1. The van der Waals surface area contributed by atoms with Crippen LogP contribution in [0.4, 0.5) is 0 Å². The first-order valence-electron chi connectivity index (χ1n) is 7.55. The van der Waals surface area contributed by atoms with E-state index in [2.05, 4.69) is 25.5 Å². The monoisotopic (exact) mass is 385 g/mol. The molecule has 0 radical (unpaired) electrons. The van der Waals surface area contributed by atoms with Gasteiger partial charge in [0.25, 0.3) is 0 Å². The van der Waals surface area contributed by atoms with E-state index < -0.39 is 10.0 Å². The second-order valence-electron chi connectivity index (χ2n) is 6.79. The van der Waals surface area contributed by atoms with E-state index in [1.807, 2.05) is 12.1 Å². The minimum atomic E-state index is -3.64. The molecule has 2 aromatic carbocycles. The minimum absolute atomic E-state index is 0.109. The normalized spacial score (nSPS) is 12.4. The Morgan fingerprint density at radius 3 is 2.29 bits per heavy atom. The van der Waals surface area contributed by atoms with Crippen LogP contribution in [-0.2, 0) is 22.0 Å². The lowest BCUT2D eigenvalue weighted by molar-refractivity contribution is 0.575. The maximum absolute atomic E-state index is 12.7. The van der Waals surface area contributed by atoms with Crippen molar-refractivity contribution in [3.8, 4) is 0 Å². The maximum atomic E-state index is 12.7. The van der Waals surface area contributed by atoms with Crippen LogP contribution in [0, 0.1) is 6.92 Å². The van der Waals surface area contributed by atoms with Crippen molar-refractivity contribution >= 4 is 33.2 Å². The van der Waals surface area contributed by atoms with E-state index in [4.69, 9.17) is 23.2 Å². The molecule has 0 amide bonds. The molecule has 0 atom stereocenters. The highest BCUT2D eigenvalue weighted by atomic mass is 35.5. The molecule has 24 heavy (non-hydrogen) atoms. The third kappa shape index (κ3) is 4.51. The zero-order chi connectivity index (χ0) is 18.1. The molecule has 130 valence electrons.